The molecule has 2 heterocycles. The Morgan fingerprint density at radius 1 is 0.429 bits per heavy atom. The predicted octanol–water partition coefficient (Wildman–Crippen LogP) is 2.36. The standard InChI is InChI=1S/2C5H11N.2ClH/c2*1-2-4-6-5-3-1;;/h2*6H,1-5H2;2*1H. The molecule has 4 heteroatoms. The van der Waals surface area contributed by atoms with Crippen LogP contribution in [0.5, 0.6) is 0 Å². The molecule has 0 saturated carbocycles. The largest absolute Gasteiger partial charge is 0.317 e. The lowest BCUT2D eigenvalue weighted by Gasteiger charge is -2.08. The summed E-state index contributed by atoms with van der Waals surface area (Å²) in [5.74, 6) is 0. The Bertz CT molecular complexity index is 59.1. The van der Waals surface area contributed by atoms with E-state index in [1.54, 1.807) is 0 Å². The van der Waals surface area contributed by atoms with Gasteiger partial charge in [-0.3, -0.25) is 0 Å². The van der Waals surface area contributed by atoms with E-state index >= 15 is 0 Å². The molecule has 88 valence electrons. The van der Waals surface area contributed by atoms with Gasteiger partial charge in [0.05, 0.1) is 0 Å². The molecule has 0 aromatic rings. The van der Waals surface area contributed by atoms with Crippen molar-refractivity contribution in [3.05, 3.63) is 0 Å². The van der Waals surface area contributed by atoms with Gasteiger partial charge in [-0.1, -0.05) is 12.8 Å². The van der Waals surface area contributed by atoms with E-state index in [9.17, 15) is 0 Å². The number of rotatable bonds is 0. The molecule has 2 nitrogen and oxygen atoms in total. The quantitative estimate of drug-likeness (QED) is 0.682. The van der Waals surface area contributed by atoms with Crippen LogP contribution in [0.3, 0.4) is 0 Å². The molecule has 0 radical (unpaired) electrons. The maximum absolute atomic E-state index is 3.28. The maximum Gasteiger partial charge on any atom is -0.00489 e. The minimum atomic E-state index is 0. The Morgan fingerprint density at radius 3 is 0.786 bits per heavy atom. The second kappa shape index (κ2) is 13.5. The molecular weight excluding hydrogens is 219 g/mol. The van der Waals surface area contributed by atoms with E-state index in [1.165, 1.54) is 64.7 Å². The van der Waals surface area contributed by atoms with E-state index < -0.39 is 0 Å². The van der Waals surface area contributed by atoms with Crippen LogP contribution in [-0.4, -0.2) is 26.2 Å². The molecule has 2 rings (SSSR count). The molecule has 0 bridgehead atoms. The molecule has 2 saturated heterocycles. The Morgan fingerprint density at radius 2 is 0.714 bits per heavy atom. The number of nitrogens with one attached hydrogen (secondary N) is 2. The summed E-state index contributed by atoms with van der Waals surface area (Å²) < 4.78 is 0. The van der Waals surface area contributed by atoms with Crippen LogP contribution in [0.4, 0.5) is 0 Å². The summed E-state index contributed by atoms with van der Waals surface area (Å²) in [6, 6.07) is 0. The average Bonchev–Trinajstić information content (AvgIpc) is 2.24. The topological polar surface area (TPSA) is 24.1 Å². The first-order valence-corrected chi connectivity index (χ1v) is 5.41. The van der Waals surface area contributed by atoms with Crippen LogP contribution in [0.25, 0.3) is 0 Å². The van der Waals surface area contributed by atoms with Crippen LogP contribution in [0.2, 0.25) is 0 Å². The SMILES string of the molecule is C1CCNCC1.C1CCNCC1.Cl.Cl. The van der Waals surface area contributed by atoms with Crippen LogP contribution in [0, 0.1) is 0 Å². The van der Waals surface area contributed by atoms with Crippen molar-refractivity contribution in [2.45, 2.75) is 38.5 Å². The zero-order valence-electron chi connectivity index (χ0n) is 8.89. The molecule has 14 heavy (non-hydrogen) atoms. The van der Waals surface area contributed by atoms with E-state index in [1.807, 2.05) is 0 Å². The molecule has 2 N–H and O–H groups in total. The normalized spacial score (nSPS) is 20.6. The lowest BCUT2D eigenvalue weighted by Crippen LogP contribution is -2.21. The van der Waals surface area contributed by atoms with Crippen LogP contribution in [-0.2, 0) is 0 Å². The first-order chi connectivity index (χ1) is 6.00. The van der Waals surface area contributed by atoms with Gasteiger partial charge in [0.15, 0.2) is 0 Å². The fourth-order valence-electron chi connectivity index (χ4n) is 1.60. The molecular formula is C10H24Cl2N2. The highest BCUT2D eigenvalue weighted by Gasteiger charge is 1.94. The van der Waals surface area contributed by atoms with E-state index in [4.69, 9.17) is 0 Å². The number of halogens is 2. The second-order valence-corrected chi connectivity index (χ2v) is 3.62. The summed E-state index contributed by atoms with van der Waals surface area (Å²) in [4.78, 5) is 0. The summed E-state index contributed by atoms with van der Waals surface area (Å²) in [7, 11) is 0. The van der Waals surface area contributed by atoms with Gasteiger partial charge in [0.2, 0.25) is 0 Å². The maximum atomic E-state index is 3.28. The molecule has 2 aliphatic rings. The monoisotopic (exact) mass is 242 g/mol. The lowest BCUT2D eigenvalue weighted by atomic mass is 10.2. The van der Waals surface area contributed by atoms with Crippen LogP contribution in [0.15, 0.2) is 0 Å². The van der Waals surface area contributed by atoms with E-state index in [0.717, 1.165) is 0 Å². The molecule has 0 aromatic carbocycles. The lowest BCUT2D eigenvalue weighted by molar-refractivity contribution is 0.520. The summed E-state index contributed by atoms with van der Waals surface area (Å²) in [6.07, 6.45) is 8.43. The van der Waals surface area contributed by atoms with Crippen LogP contribution < -0.4 is 10.6 Å². The molecule has 0 amide bonds. The highest BCUT2D eigenvalue weighted by molar-refractivity contribution is 5.85. The highest BCUT2D eigenvalue weighted by Crippen LogP contribution is 1.97. The third kappa shape index (κ3) is 10.6. The Kier molecular flexibility index (Phi) is 16.3. The second-order valence-electron chi connectivity index (χ2n) is 3.62. The van der Waals surface area contributed by atoms with Gasteiger partial charge >= 0.3 is 0 Å². The van der Waals surface area contributed by atoms with Crippen LogP contribution >= 0.6 is 24.8 Å². The molecule has 0 aromatic heterocycles. The van der Waals surface area contributed by atoms with Crippen molar-refractivity contribution >= 4 is 24.8 Å². The molecule has 0 unspecified atom stereocenters. The number of piperidine rings is 2. The Hall–Kier alpha value is 0.500. The van der Waals surface area contributed by atoms with Crippen molar-refractivity contribution in [3.8, 4) is 0 Å². The smallest absolute Gasteiger partial charge is 0.00489 e. The van der Waals surface area contributed by atoms with Gasteiger partial charge in [-0.15, -0.1) is 24.8 Å². The third-order valence-electron chi connectivity index (χ3n) is 2.41. The summed E-state index contributed by atoms with van der Waals surface area (Å²) in [6.45, 7) is 5.00. The molecule has 2 fully saturated rings. The minimum absolute atomic E-state index is 0. The fourth-order valence-corrected chi connectivity index (χ4v) is 1.60. The van der Waals surface area contributed by atoms with E-state index in [2.05, 4.69) is 10.6 Å². The van der Waals surface area contributed by atoms with Crippen molar-refractivity contribution in [2.24, 2.45) is 0 Å². The number of hydrogen-bond acceptors (Lipinski definition) is 2. The van der Waals surface area contributed by atoms with Crippen molar-refractivity contribution in [2.75, 3.05) is 26.2 Å². The van der Waals surface area contributed by atoms with Gasteiger partial charge in [-0.05, 0) is 51.9 Å². The first-order valence-electron chi connectivity index (χ1n) is 5.41. The molecule has 2 aliphatic heterocycles. The molecule has 0 atom stereocenters. The van der Waals surface area contributed by atoms with Gasteiger partial charge < -0.3 is 10.6 Å². The van der Waals surface area contributed by atoms with E-state index in [0.29, 0.717) is 0 Å². The predicted molar refractivity (Wildman–Crippen MR) is 67.9 cm³/mol. The fraction of sp³-hybridized carbons (Fsp3) is 1.00. The van der Waals surface area contributed by atoms with Gasteiger partial charge in [0, 0.05) is 0 Å². The first kappa shape index (κ1) is 16.9. The van der Waals surface area contributed by atoms with Crippen molar-refractivity contribution < 1.29 is 0 Å². The van der Waals surface area contributed by atoms with Crippen molar-refractivity contribution in [3.63, 3.8) is 0 Å². The highest BCUT2D eigenvalue weighted by atomic mass is 35.5. The number of hydrogen-bond donors (Lipinski definition) is 2. The minimum Gasteiger partial charge on any atom is -0.317 e. The zero-order chi connectivity index (χ0) is 8.49. The Labute approximate surface area is 100 Å². The van der Waals surface area contributed by atoms with E-state index in [-0.39, 0.29) is 24.8 Å². The van der Waals surface area contributed by atoms with Crippen molar-refractivity contribution in [1.82, 2.24) is 10.6 Å². The zero-order valence-corrected chi connectivity index (χ0v) is 10.5. The summed E-state index contributed by atoms with van der Waals surface area (Å²) in [5, 5.41) is 6.57. The van der Waals surface area contributed by atoms with Crippen LogP contribution in [0.1, 0.15) is 38.5 Å². The summed E-state index contributed by atoms with van der Waals surface area (Å²) in [5.41, 5.74) is 0. The third-order valence-corrected chi connectivity index (χ3v) is 2.41. The molecule has 0 aliphatic carbocycles. The van der Waals surface area contributed by atoms with Gasteiger partial charge in [0.25, 0.3) is 0 Å². The van der Waals surface area contributed by atoms with Gasteiger partial charge in [0.1, 0.15) is 0 Å². The van der Waals surface area contributed by atoms with Gasteiger partial charge in [-0.25, -0.2) is 0 Å². The Balaban J connectivity index is 0. The average molecular weight is 243 g/mol. The molecule has 0 spiro atoms. The van der Waals surface area contributed by atoms with Crippen molar-refractivity contribution in [1.29, 1.82) is 0 Å². The van der Waals surface area contributed by atoms with Gasteiger partial charge in [-0.2, -0.15) is 0 Å². The summed E-state index contributed by atoms with van der Waals surface area (Å²) >= 11 is 0.